The van der Waals surface area contributed by atoms with Crippen molar-refractivity contribution in [2.75, 3.05) is 33.8 Å². The molecule has 0 atom stereocenters. The molecule has 0 aliphatic carbocycles. The maximum atomic E-state index is 8.81. The van der Waals surface area contributed by atoms with Crippen LogP contribution in [0.1, 0.15) is 77.6 Å². The zero-order chi connectivity index (χ0) is 14.4. The first kappa shape index (κ1) is 22.9. The highest BCUT2D eigenvalue weighted by atomic mass is 127. The lowest BCUT2D eigenvalue weighted by Gasteiger charge is -2.29. The van der Waals surface area contributed by atoms with Crippen LogP contribution in [-0.4, -0.2) is 43.4 Å². The minimum Gasteiger partial charge on any atom is -1.00 e. The molecule has 0 bridgehead atoms. The molecule has 0 aromatic rings. The van der Waals surface area contributed by atoms with Crippen molar-refractivity contribution in [3.05, 3.63) is 0 Å². The Kier molecular flexibility index (Phi) is 18.4. The average molecular weight is 399 g/mol. The summed E-state index contributed by atoms with van der Waals surface area (Å²) in [5, 5.41) is 8.81. The molecule has 0 spiro atoms. The standard InChI is InChI=1S/C17H38NO.HI/c1-4-5-6-7-8-9-10-11-12-15-18(2,3)16-13-14-17-19;/h19H,4-17H2,1-3H3;1H/q+1;/p-1. The van der Waals surface area contributed by atoms with Crippen LogP contribution in [0.5, 0.6) is 0 Å². The maximum absolute atomic E-state index is 8.81. The molecule has 2 nitrogen and oxygen atoms in total. The smallest absolute Gasteiger partial charge is 0.0783 e. The third kappa shape index (κ3) is 16.7. The van der Waals surface area contributed by atoms with Crippen LogP contribution in [0.3, 0.4) is 0 Å². The largest absolute Gasteiger partial charge is 1.00 e. The van der Waals surface area contributed by atoms with Gasteiger partial charge in [-0.15, -0.1) is 0 Å². The minimum atomic E-state index is 0. The highest BCUT2D eigenvalue weighted by Gasteiger charge is 2.13. The molecule has 1 N–H and O–H groups in total. The summed E-state index contributed by atoms with van der Waals surface area (Å²) in [6.45, 7) is 5.12. The molecule has 0 fully saturated rings. The van der Waals surface area contributed by atoms with Gasteiger partial charge in [-0.2, -0.15) is 0 Å². The predicted octanol–water partition coefficient (Wildman–Crippen LogP) is 1.37. The topological polar surface area (TPSA) is 20.2 Å². The second kappa shape index (κ2) is 16.0. The first-order valence-electron chi connectivity index (χ1n) is 8.55. The van der Waals surface area contributed by atoms with E-state index in [9.17, 15) is 0 Å². The van der Waals surface area contributed by atoms with Gasteiger partial charge in [0.2, 0.25) is 0 Å². The monoisotopic (exact) mass is 399 g/mol. The maximum Gasteiger partial charge on any atom is 0.0783 e. The lowest BCUT2D eigenvalue weighted by molar-refractivity contribution is -0.890. The van der Waals surface area contributed by atoms with E-state index in [1.54, 1.807) is 0 Å². The van der Waals surface area contributed by atoms with Crippen molar-refractivity contribution in [3.8, 4) is 0 Å². The van der Waals surface area contributed by atoms with Crippen molar-refractivity contribution < 1.29 is 33.6 Å². The normalized spacial score (nSPS) is 11.4. The minimum absolute atomic E-state index is 0. The van der Waals surface area contributed by atoms with E-state index in [1.807, 2.05) is 0 Å². The Morgan fingerprint density at radius 2 is 1.05 bits per heavy atom. The third-order valence-electron chi connectivity index (χ3n) is 4.04. The number of hydrogen-bond donors (Lipinski definition) is 1. The molecule has 0 aromatic heterocycles. The second-order valence-corrected chi connectivity index (χ2v) is 6.64. The first-order valence-corrected chi connectivity index (χ1v) is 8.55. The quantitative estimate of drug-likeness (QED) is 0.266. The van der Waals surface area contributed by atoms with Crippen LogP contribution in [0, 0.1) is 0 Å². The summed E-state index contributed by atoms with van der Waals surface area (Å²) in [7, 11) is 4.64. The molecule has 0 saturated carbocycles. The number of aliphatic hydroxyl groups is 1. The van der Waals surface area contributed by atoms with Gasteiger partial charge in [-0.05, 0) is 25.7 Å². The van der Waals surface area contributed by atoms with Gasteiger partial charge >= 0.3 is 0 Å². The molecule has 0 saturated heterocycles. The van der Waals surface area contributed by atoms with Crippen molar-refractivity contribution in [1.82, 2.24) is 0 Å². The molecule has 0 aliphatic heterocycles. The summed E-state index contributed by atoms with van der Waals surface area (Å²) in [5.74, 6) is 0. The van der Waals surface area contributed by atoms with Crippen LogP contribution in [-0.2, 0) is 0 Å². The van der Waals surface area contributed by atoms with Gasteiger partial charge in [-0.25, -0.2) is 0 Å². The average Bonchev–Trinajstić information content (AvgIpc) is 2.37. The first-order chi connectivity index (χ1) is 9.12. The van der Waals surface area contributed by atoms with Crippen molar-refractivity contribution in [2.24, 2.45) is 0 Å². The van der Waals surface area contributed by atoms with Gasteiger partial charge in [0.25, 0.3) is 0 Å². The molecule has 20 heavy (non-hydrogen) atoms. The number of halogens is 1. The fourth-order valence-electron chi connectivity index (χ4n) is 2.61. The van der Waals surface area contributed by atoms with E-state index in [-0.39, 0.29) is 24.0 Å². The van der Waals surface area contributed by atoms with E-state index in [4.69, 9.17) is 5.11 Å². The van der Waals surface area contributed by atoms with E-state index in [1.165, 1.54) is 70.9 Å². The van der Waals surface area contributed by atoms with Crippen LogP contribution in [0.2, 0.25) is 0 Å². The molecule has 124 valence electrons. The summed E-state index contributed by atoms with van der Waals surface area (Å²) in [4.78, 5) is 0. The van der Waals surface area contributed by atoms with Gasteiger partial charge < -0.3 is 33.6 Å². The van der Waals surface area contributed by atoms with Gasteiger partial charge in [0.05, 0.1) is 27.2 Å². The van der Waals surface area contributed by atoms with Gasteiger partial charge in [0.1, 0.15) is 0 Å². The van der Waals surface area contributed by atoms with E-state index in [2.05, 4.69) is 21.0 Å². The van der Waals surface area contributed by atoms with Crippen LogP contribution in [0.15, 0.2) is 0 Å². The van der Waals surface area contributed by atoms with Crippen molar-refractivity contribution >= 4 is 0 Å². The van der Waals surface area contributed by atoms with Gasteiger partial charge in [-0.1, -0.05) is 51.9 Å². The van der Waals surface area contributed by atoms with Gasteiger partial charge in [0.15, 0.2) is 0 Å². The van der Waals surface area contributed by atoms with E-state index in [0.717, 1.165) is 17.3 Å². The van der Waals surface area contributed by atoms with E-state index in [0.29, 0.717) is 6.61 Å². The lowest BCUT2D eigenvalue weighted by atomic mass is 10.1. The van der Waals surface area contributed by atoms with Crippen LogP contribution in [0.25, 0.3) is 0 Å². The Morgan fingerprint density at radius 3 is 1.50 bits per heavy atom. The number of hydrogen-bond acceptors (Lipinski definition) is 1. The number of rotatable bonds is 14. The Hall–Kier alpha value is 0.650. The van der Waals surface area contributed by atoms with Gasteiger partial charge in [0, 0.05) is 6.61 Å². The lowest BCUT2D eigenvalue weighted by Crippen LogP contribution is -3.00. The summed E-state index contributed by atoms with van der Waals surface area (Å²) < 4.78 is 1.12. The predicted molar refractivity (Wildman–Crippen MR) is 85.4 cm³/mol. The SMILES string of the molecule is CCCCCCCCCCC[N+](C)(C)CCCCO.[I-]. The Morgan fingerprint density at radius 1 is 0.650 bits per heavy atom. The fraction of sp³-hybridized carbons (Fsp3) is 1.00. The molecule has 0 amide bonds. The summed E-state index contributed by atoms with van der Waals surface area (Å²) in [6, 6.07) is 0. The third-order valence-corrected chi connectivity index (χ3v) is 4.04. The molecule has 3 heteroatoms. The summed E-state index contributed by atoms with van der Waals surface area (Å²) in [6.07, 6.45) is 14.8. The molecule has 0 rings (SSSR count). The number of unbranched alkanes of at least 4 members (excludes halogenated alkanes) is 9. The molecular formula is C17H38INO. The van der Waals surface area contributed by atoms with Crippen molar-refractivity contribution in [2.45, 2.75) is 77.6 Å². The highest BCUT2D eigenvalue weighted by molar-refractivity contribution is 4.47. The van der Waals surface area contributed by atoms with Crippen LogP contribution >= 0.6 is 0 Å². The van der Waals surface area contributed by atoms with E-state index < -0.39 is 0 Å². The van der Waals surface area contributed by atoms with E-state index >= 15 is 0 Å². The Balaban J connectivity index is 0. The Labute approximate surface area is 144 Å². The second-order valence-electron chi connectivity index (χ2n) is 6.64. The zero-order valence-electron chi connectivity index (χ0n) is 14.2. The fourth-order valence-corrected chi connectivity index (χ4v) is 2.61. The molecule has 0 aliphatic rings. The number of nitrogens with zero attached hydrogens (tertiary/aromatic N) is 1. The van der Waals surface area contributed by atoms with Gasteiger partial charge in [-0.3, -0.25) is 0 Å². The molecule has 0 unspecified atom stereocenters. The summed E-state index contributed by atoms with van der Waals surface area (Å²) >= 11 is 0. The zero-order valence-corrected chi connectivity index (χ0v) is 16.3. The van der Waals surface area contributed by atoms with Crippen molar-refractivity contribution in [1.29, 1.82) is 0 Å². The molecule has 0 heterocycles. The number of aliphatic hydroxyl groups excluding tert-OH is 1. The molecule has 0 radical (unpaired) electrons. The Bertz CT molecular complexity index is 186. The molecular weight excluding hydrogens is 361 g/mol. The molecule has 0 aromatic carbocycles. The summed E-state index contributed by atoms with van der Waals surface area (Å²) in [5.41, 5.74) is 0. The van der Waals surface area contributed by atoms with Crippen LogP contribution in [0.4, 0.5) is 0 Å². The highest BCUT2D eigenvalue weighted by Crippen LogP contribution is 2.11. The number of quaternary nitrogens is 1. The van der Waals surface area contributed by atoms with Crippen molar-refractivity contribution in [3.63, 3.8) is 0 Å². The van der Waals surface area contributed by atoms with Crippen LogP contribution < -0.4 is 24.0 Å².